The minimum atomic E-state index is -4.62. The first kappa shape index (κ1) is 26.2. The number of benzene rings is 2. The quantitative estimate of drug-likeness (QED) is 0.444. The predicted octanol–water partition coefficient (Wildman–Crippen LogP) is 6.28. The van der Waals surface area contributed by atoms with Gasteiger partial charge in [-0.05, 0) is 60.2 Å². The fourth-order valence-electron chi connectivity index (χ4n) is 4.28. The molecule has 194 valence electrons. The van der Waals surface area contributed by atoms with E-state index in [0.29, 0.717) is 16.8 Å². The number of amides is 1. The summed E-state index contributed by atoms with van der Waals surface area (Å²) < 4.78 is 85.7. The summed E-state index contributed by atoms with van der Waals surface area (Å²) in [6, 6.07) is 5.85. The number of alkyl halides is 6. The van der Waals surface area contributed by atoms with Crippen LogP contribution in [0.4, 0.5) is 31.1 Å². The lowest BCUT2D eigenvalue weighted by molar-refractivity contribution is -0.138. The molecule has 2 heterocycles. The van der Waals surface area contributed by atoms with E-state index in [9.17, 15) is 36.2 Å². The molecule has 0 aliphatic carbocycles. The van der Waals surface area contributed by atoms with Gasteiger partial charge in [0.15, 0.2) is 0 Å². The average molecular weight is 533 g/mol. The molecule has 0 bridgehead atoms. The minimum absolute atomic E-state index is 0.153. The van der Waals surface area contributed by atoms with Crippen molar-refractivity contribution in [2.24, 2.45) is 0 Å². The highest BCUT2D eigenvalue weighted by molar-refractivity contribution is 8.02. The van der Waals surface area contributed by atoms with Crippen molar-refractivity contribution < 1.29 is 41.0 Å². The van der Waals surface area contributed by atoms with Crippen LogP contribution in [0.2, 0.25) is 0 Å². The molecule has 12 heteroatoms. The number of carbonyl (C=O) groups excluding carboxylic acids is 1. The van der Waals surface area contributed by atoms with Gasteiger partial charge in [-0.2, -0.15) is 26.3 Å². The van der Waals surface area contributed by atoms with Crippen molar-refractivity contribution in [2.45, 2.75) is 50.3 Å². The molecule has 2 aromatic rings. The normalized spacial score (nSPS) is 22.5. The number of halogens is 6. The molecule has 3 atom stereocenters. The first-order valence-electron chi connectivity index (χ1n) is 10.9. The van der Waals surface area contributed by atoms with Crippen LogP contribution < -0.4 is 5.32 Å². The summed E-state index contributed by atoms with van der Waals surface area (Å²) in [5.41, 5.74) is -0.110. The maximum absolute atomic E-state index is 13.5. The Labute approximate surface area is 207 Å². The number of hydrogen-bond acceptors (Lipinski definition) is 5. The van der Waals surface area contributed by atoms with Gasteiger partial charge in [0.1, 0.15) is 11.5 Å². The Morgan fingerprint density at radius 2 is 1.75 bits per heavy atom. The number of carbonyl (C=O) groups is 1. The lowest BCUT2D eigenvalue weighted by Crippen LogP contribution is -2.32. The molecule has 0 spiro atoms. The first-order chi connectivity index (χ1) is 16.8. The Morgan fingerprint density at radius 1 is 1.06 bits per heavy atom. The van der Waals surface area contributed by atoms with Crippen LogP contribution in [-0.2, 0) is 23.6 Å². The molecule has 4 rings (SSSR count). The topological polar surface area (TPSA) is 61.8 Å². The van der Waals surface area contributed by atoms with Crippen molar-refractivity contribution in [1.82, 2.24) is 10.2 Å². The third-order valence-electron chi connectivity index (χ3n) is 6.07. The highest BCUT2D eigenvalue weighted by atomic mass is 32.2. The Kier molecular flexibility index (Phi) is 6.95. The van der Waals surface area contributed by atoms with Crippen molar-refractivity contribution in [3.05, 3.63) is 80.9 Å². The second-order valence-electron chi connectivity index (χ2n) is 8.68. The molecule has 1 amide bonds. The van der Waals surface area contributed by atoms with Gasteiger partial charge in [0.25, 0.3) is 0 Å². The van der Waals surface area contributed by atoms with E-state index >= 15 is 0 Å². The van der Waals surface area contributed by atoms with E-state index in [1.165, 1.54) is 35.7 Å². The SMILES string of the molecule is Cc1cc([C@H]2OC(=O)N(Cc3cc(C(F)(F)F)ccc3C3NC(CO)=CS3)[C@H]2C)cc(C(F)(F)F)c1. The minimum Gasteiger partial charge on any atom is -0.439 e. The molecule has 2 N–H and O–H groups in total. The monoisotopic (exact) mass is 532 g/mol. The van der Waals surface area contributed by atoms with Gasteiger partial charge in [-0.15, -0.1) is 11.8 Å². The summed E-state index contributed by atoms with van der Waals surface area (Å²) in [5, 5.41) is 13.5. The predicted molar refractivity (Wildman–Crippen MR) is 120 cm³/mol. The third-order valence-corrected chi connectivity index (χ3v) is 7.14. The van der Waals surface area contributed by atoms with Crippen molar-refractivity contribution in [1.29, 1.82) is 0 Å². The van der Waals surface area contributed by atoms with E-state index in [1.54, 1.807) is 12.3 Å². The zero-order chi connectivity index (χ0) is 26.4. The highest BCUT2D eigenvalue weighted by Gasteiger charge is 2.42. The van der Waals surface area contributed by atoms with E-state index in [4.69, 9.17) is 4.74 Å². The van der Waals surface area contributed by atoms with Crippen LogP contribution >= 0.6 is 11.8 Å². The average Bonchev–Trinajstić information content (AvgIpc) is 3.37. The van der Waals surface area contributed by atoms with E-state index in [-0.39, 0.29) is 24.3 Å². The summed E-state index contributed by atoms with van der Waals surface area (Å²) >= 11 is 1.26. The largest absolute Gasteiger partial charge is 0.439 e. The van der Waals surface area contributed by atoms with E-state index < -0.39 is 47.1 Å². The Balaban J connectivity index is 1.65. The number of aliphatic hydroxyl groups excluding tert-OH is 1. The lowest BCUT2D eigenvalue weighted by Gasteiger charge is -2.25. The fourth-order valence-corrected chi connectivity index (χ4v) is 5.32. The van der Waals surface area contributed by atoms with Crippen LogP contribution in [0.5, 0.6) is 0 Å². The van der Waals surface area contributed by atoms with Gasteiger partial charge >= 0.3 is 18.4 Å². The van der Waals surface area contributed by atoms with Gasteiger partial charge in [0.2, 0.25) is 0 Å². The molecular formula is C24H22F6N2O3S. The zero-order valence-corrected chi connectivity index (χ0v) is 19.9. The summed E-state index contributed by atoms with van der Waals surface area (Å²) in [6.45, 7) is 2.55. The van der Waals surface area contributed by atoms with Crippen molar-refractivity contribution >= 4 is 17.9 Å². The molecule has 1 unspecified atom stereocenters. The van der Waals surface area contributed by atoms with Gasteiger partial charge in [-0.3, -0.25) is 4.90 Å². The Morgan fingerprint density at radius 3 is 2.36 bits per heavy atom. The zero-order valence-electron chi connectivity index (χ0n) is 19.1. The fraction of sp³-hybridized carbons (Fsp3) is 0.375. The van der Waals surface area contributed by atoms with Crippen LogP contribution in [0.25, 0.3) is 0 Å². The summed E-state index contributed by atoms with van der Waals surface area (Å²) in [4.78, 5) is 14.0. The Hall–Kier alpha value is -2.86. The number of nitrogens with one attached hydrogen (secondary N) is 1. The number of rotatable bonds is 5. The van der Waals surface area contributed by atoms with Gasteiger partial charge in [-0.25, -0.2) is 4.79 Å². The maximum atomic E-state index is 13.5. The van der Waals surface area contributed by atoms with Crippen molar-refractivity contribution in [3.63, 3.8) is 0 Å². The van der Waals surface area contributed by atoms with Crippen LogP contribution in [0.1, 0.15) is 51.8 Å². The first-order valence-corrected chi connectivity index (χ1v) is 11.8. The molecule has 2 aliphatic heterocycles. The number of hydrogen-bond donors (Lipinski definition) is 2. The van der Waals surface area contributed by atoms with Gasteiger partial charge in [0.05, 0.1) is 23.8 Å². The molecule has 2 aromatic carbocycles. The molecule has 1 fully saturated rings. The van der Waals surface area contributed by atoms with Crippen LogP contribution in [-0.4, -0.2) is 28.7 Å². The highest BCUT2D eigenvalue weighted by Crippen LogP contribution is 2.41. The molecule has 36 heavy (non-hydrogen) atoms. The molecule has 2 aliphatic rings. The molecule has 0 saturated carbocycles. The molecule has 0 radical (unpaired) electrons. The number of thioether (sulfide) groups is 1. The van der Waals surface area contributed by atoms with E-state index in [1.807, 2.05) is 0 Å². The van der Waals surface area contributed by atoms with Gasteiger partial charge in [-0.1, -0.05) is 17.7 Å². The second kappa shape index (κ2) is 9.55. The molecule has 5 nitrogen and oxygen atoms in total. The van der Waals surface area contributed by atoms with Gasteiger partial charge < -0.3 is 15.2 Å². The van der Waals surface area contributed by atoms with E-state index in [0.717, 1.165) is 24.3 Å². The summed E-state index contributed by atoms with van der Waals surface area (Å²) in [7, 11) is 0. The lowest BCUT2D eigenvalue weighted by atomic mass is 9.97. The second-order valence-corrected chi connectivity index (χ2v) is 9.66. The smallest absolute Gasteiger partial charge is 0.416 e. The van der Waals surface area contributed by atoms with Crippen LogP contribution in [0.15, 0.2) is 47.5 Å². The van der Waals surface area contributed by atoms with Crippen molar-refractivity contribution in [2.75, 3.05) is 6.61 Å². The summed E-state index contributed by atoms with van der Waals surface area (Å²) in [5.74, 6) is 0. The number of nitrogens with zero attached hydrogens (tertiary/aromatic N) is 1. The summed E-state index contributed by atoms with van der Waals surface area (Å²) in [6.07, 6.45) is -11.1. The van der Waals surface area contributed by atoms with Crippen molar-refractivity contribution in [3.8, 4) is 0 Å². The number of cyclic esters (lactones) is 1. The molecular weight excluding hydrogens is 510 g/mol. The number of aliphatic hydroxyl groups is 1. The van der Waals surface area contributed by atoms with Crippen LogP contribution in [0.3, 0.4) is 0 Å². The molecule has 1 saturated heterocycles. The number of ether oxygens (including phenoxy) is 1. The van der Waals surface area contributed by atoms with Gasteiger partial charge in [0, 0.05) is 12.2 Å². The Bertz CT molecular complexity index is 1200. The maximum Gasteiger partial charge on any atom is 0.416 e. The van der Waals surface area contributed by atoms with E-state index in [2.05, 4.69) is 5.32 Å². The molecule has 0 aromatic heterocycles. The standard InChI is InChI=1S/C24H22F6N2O3S/c1-12-5-14(7-17(6-12)24(28,29)30)20-13(2)32(22(34)35-20)9-15-8-16(23(25,26)27)3-4-19(15)21-31-18(10-33)11-36-21/h3-8,11,13,20-21,31,33H,9-10H2,1-2H3/t13-,20-,21?/m0/s1. The number of aryl methyl sites for hydroxylation is 1. The third kappa shape index (κ3) is 5.29. The van der Waals surface area contributed by atoms with Crippen LogP contribution in [0, 0.1) is 6.92 Å².